The molecule has 1 aliphatic rings. The van der Waals surface area contributed by atoms with Gasteiger partial charge in [0.25, 0.3) is 0 Å². The molecule has 0 saturated carbocycles. The van der Waals surface area contributed by atoms with Crippen LogP contribution in [0.5, 0.6) is 5.75 Å². The van der Waals surface area contributed by atoms with E-state index in [9.17, 15) is 0 Å². The lowest BCUT2D eigenvalue weighted by molar-refractivity contribution is 0.410. The lowest BCUT2D eigenvalue weighted by Crippen LogP contribution is -2.27. The molecule has 104 valence electrons. The van der Waals surface area contributed by atoms with Crippen molar-refractivity contribution >= 4 is 17.4 Å². The van der Waals surface area contributed by atoms with Crippen molar-refractivity contribution in [2.45, 2.75) is 12.8 Å². The zero-order chi connectivity index (χ0) is 13.9. The maximum atomic E-state index is 6.08. The van der Waals surface area contributed by atoms with Gasteiger partial charge in [0.2, 0.25) is 0 Å². The summed E-state index contributed by atoms with van der Waals surface area (Å²) in [5.41, 5.74) is 2.82. The summed E-state index contributed by atoms with van der Waals surface area (Å²) < 4.78 is 5.35. The smallest absolute Gasteiger partial charge is 0.199 e. The van der Waals surface area contributed by atoms with Crippen LogP contribution in [-0.4, -0.2) is 30.2 Å². The summed E-state index contributed by atoms with van der Waals surface area (Å²) in [5, 5.41) is 0.360. The van der Waals surface area contributed by atoms with Gasteiger partial charge in [-0.05, 0) is 24.0 Å². The molecule has 1 aromatic heterocycles. The lowest BCUT2D eigenvalue weighted by Gasteiger charge is -2.23. The number of benzene rings is 1. The molecule has 0 amide bonds. The maximum Gasteiger partial charge on any atom is 0.199 e. The van der Waals surface area contributed by atoms with Crippen molar-refractivity contribution in [2.24, 2.45) is 0 Å². The van der Waals surface area contributed by atoms with E-state index in [-0.39, 0.29) is 0 Å². The number of fused-ring (bicyclic) bond motifs is 1. The zero-order valence-electron chi connectivity index (χ0n) is 11.3. The third kappa shape index (κ3) is 2.43. The minimum Gasteiger partial charge on any atom is -0.490 e. The molecular formula is C15H16ClN3O. The average Bonchev–Trinajstić information content (AvgIpc) is 2.69. The van der Waals surface area contributed by atoms with Gasteiger partial charge >= 0.3 is 0 Å². The third-order valence-electron chi connectivity index (χ3n) is 3.67. The van der Waals surface area contributed by atoms with E-state index in [4.69, 9.17) is 16.3 Å². The molecule has 0 bridgehead atoms. The summed E-state index contributed by atoms with van der Waals surface area (Å²) in [5.74, 6) is 1.33. The predicted octanol–water partition coefficient (Wildman–Crippen LogP) is 2.74. The fourth-order valence-electron chi connectivity index (χ4n) is 2.62. The fraction of sp³-hybridized carbons (Fsp3) is 0.333. The molecule has 0 radical (unpaired) electrons. The molecule has 1 aliphatic heterocycles. The van der Waals surface area contributed by atoms with Crippen LogP contribution in [0, 0.1) is 0 Å². The first-order valence-electron chi connectivity index (χ1n) is 6.66. The van der Waals surface area contributed by atoms with Crippen molar-refractivity contribution < 1.29 is 4.74 Å². The second-order valence-electron chi connectivity index (χ2n) is 4.78. The Bertz CT molecular complexity index is 591. The Hall–Kier alpha value is -1.81. The minimum absolute atomic E-state index is 0.360. The minimum atomic E-state index is 0.360. The summed E-state index contributed by atoms with van der Waals surface area (Å²) in [6.07, 6.45) is 3.49. The first-order chi connectivity index (χ1) is 9.79. The van der Waals surface area contributed by atoms with Crippen LogP contribution in [0.3, 0.4) is 0 Å². The Morgan fingerprint density at radius 2 is 1.75 bits per heavy atom. The van der Waals surface area contributed by atoms with Crippen molar-refractivity contribution in [1.29, 1.82) is 0 Å². The molecule has 0 N–H and O–H groups in total. The van der Waals surface area contributed by atoms with Gasteiger partial charge in [0.05, 0.1) is 7.11 Å². The molecule has 1 aromatic carbocycles. The second-order valence-corrected chi connectivity index (χ2v) is 5.14. The number of halogens is 1. The van der Waals surface area contributed by atoms with E-state index in [1.54, 1.807) is 7.11 Å². The third-order valence-corrected chi connectivity index (χ3v) is 3.93. The van der Waals surface area contributed by atoms with E-state index in [2.05, 4.69) is 39.1 Å². The molecule has 0 saturated heterocycles. The van der Waals surface area contributed by atoms with Crippen molar-refractivity contribution in [3.63, 3.8) is 0 Å². The van der Waals surface area contributed by atoms with Gasteiger partial charge in [-0.2, -0.15) is 0 Å². The fourth-order valence-corrected chi connectivity index (χ4v) is 2.83. The molecule has 5 heteroatoms. The highest BCUT2D eigenvalue weighted by molar-refractivity contribution is 6.31. The quantitative estimate of drug-likeness (QED) is 0.797. The first-order valence-corrected chi connectivity index (χ1v) is 7.03. The van der Waals surface area contributed by atoms with Gasteiger partial charge in [-0.3, -0.25) is 0 Å². The number of hydrogen-bond donors (Lipinski definition) is 0. The topological polar surface area (TPSA) is 38.3 Å². The van der Waals surface area contributed by atoms with Crippen LogP contribution in [0.15, 0.2) is 30.6 Å². The maximum absolute atomic E-state index is 6.08. The van der Waals surface area contributed by atoms with Crippen molar-refractivity contribution in [1.82, 2.24) is 9.97 Å². The highest BCUT2D eigenvalue weighted by Gasteiger charge is 2.20. The number of rotatable bonds is 2. The number of methoxy groups -OCH3 is 1. The van der Waals surface area contributed by atoms with Crippen LogP contribution in [0.1, 0.15) is 11.1 Å². The Morgan fingerprint density at radius 3 is 2.35 bits per heavy atom. The molecule has 3 rings (SSSR count). The normalized spacial score (nSPS) is 14.6. The summed E-state index contributed by atoms with van der Waals surface area (Å²) in [6.45, 7) is 1.81. The molecular weight excluding hydrogens is 274 g/mol. The molecule has 0 atom stereocenters. The Labute approximate surface area is 123 Å². The zero-order valence-corrected chi connectivity index (χ0v) is 12.1. The molecule has 0 unspecified atom stereocenters. The van der Waals surface area contributed by atoms with Gasteiger partial charge in [0.1, 0.15) is 6.33 Å². The second kappa shape index (κ2) is 5.67. The Balaban J connectivity index is 1.89. The van der Waals surface area contributed by atoms with E-state index in [0.29, 0.717) is 10.9 Å². The molecule has 20 heavy (non-hydrogen) atoms. The van der Waals surface area contributed by atoms with E-state index in [0.717, 1.165) is 31.7 Å². The molecule has 0 aliphatic carbocycles. The number of nitrogens with zero attached hydrogens (tertiary/aromatic N) is 3. The van der Waals surface area contributed by atoms with Crippen LogP contribution in [-0.2, 0) is 12.8 Å². The van der Waals surface area contributed by atoms with E-state index >= 15 is 0 Å². The van der Waals surface area contributed by atoms with E-state index in [1.807, 2.05) is 0 Å². The van der Waals surface area contributed by atoms with Crippen LogP contribution in [0.2, 0.25) is 5.15 Å². The molecule has 4 nitrogen and oxygen atoms in total. The summed E-state index contributed by atoms with van der Waals surface area (Å²) in [6, 6.07) is 8.58. The number of anilines is 1. The molecule has 0 fully saturated rings. The molecule has 2 heterocycles. The van der Waals surface area contributed by atoms with Crippen LogP contribution < -0.4 is 9.64 Å². The largest absolute Gasteiger partial charge is 0.490 e. The summed E-state index contributed by atoms with van der Waals surface area (Å²) in [7, 11) is 1.60. The summed E-state index contributed by atoms with van der Waals surface area (Å²) in [4.78, 5) is 10.5. The van der Waals surface area contributed by atoms with Crippen LogP contribution in [0.25, 0.3) is 0 Å². The van der Waals surface area contributed by atoms with Crippen molar-refractivity contribution in [3.05, 3.63) is 46.9 Å². The van der Waals surface area contributed by atoms with Gasteiger partial charge in [0.15, 0.2) is 16.7 Å². The number of ether oxygens (including phenoxy) is 1. The molecule has 2 aromatic rings. The van der Waals surface area contributed by atoms with Crippen molar-refractivity contribution in [2.75, 3.05) is 25.1 Å². The van der Waals surface area contributed by atoms with E-state index in [1.165, 1.54) is 17.5 Å². The van der Waals surface area contributed by atoms with Gasteiger partial charge in [-0.1, -0.05) is 35.9 Å². The Morgan fingerprint density at radius 1 is 1.10 bits per heavy atom. The standard InChI is InChI=1S/C15H16ClN3O/c1-20-13-14(16)17-10-18-15(13)19-8-6-11-4-2-3-5-12(11)7-9-19/h2-5,10H,6-9H2,1H3. The van der Waals surface area contributed by atoms with E-state index < -0.39 is 0 Å². The monoisotopic (exact) mass is 289 g/mol. The first kappa shape index (κ1) is 13.2. The van der Waals surface area contributed by atoms with Gasteiger partial charge < -0.3 is 9.64 Å². The number of hydrogen-bond acceptors (Lipinski definition) is 4. The van der Waals surface area contributed by atoms with Crippen LogP contribution >= 0.6 is 11.6 Å². The number of aromatic nitrogens is 2. The lowest BCUT2D eigenvalue weighted by atomic mass is 10.0. The highest BCUT2D eigenvalue weighted by atomic mass is 35.5. The van der Waals surface area contributed by atoms with Crippen molar-refractivity contribution in [3.8, 4) is 5.75 Å². The van der Waals surface area contributed by atoms with Gasteiger partial charge in [0, 0.05) is 13.1 Å². The molecule has 0 spiro atoms. The Kier molecular flexibility index (Phi) is 3.74. The van der Waals surface area contributed by atoms with Gasteiger partial charge in [-0.25, -0.2) is 9.97 Å². The average molecular weight is 290 g/mol. The predicted molar refractivity (Wildman–Crippen MR) is 79.7 cm³/mol. The SMILES string of the molecule is COc1c(Cl)ncnc1N1CCc2ccccc2CC1. The van der Waals surface area contributed by atoms with Crippen LogP contribution in [0.4, 0.5) is 5.82 Å². The van der Waals surface area contributed by atoms with Gasteiger partial charge in [-0.15, -0.1) is 0 Å². The highest BCUT2D eigenvalue weighted by Crippen LogP contribution is 2.32. The summed E-state index contributed by atoms with van der Waals surface area (Å²) >= 11 is 6.08.